The number of carbonyl (C=O) groups is 1. The van der Waals surface area contributed by atoms with Crippen LogP contribution in [0.4, 0.5) is 0 Å². The van der Waals surface area contributed by atoms with Crippen molar-refractivity contribution in [2.75, 3.05) is 0 Å². The molecule has 0 bridgehead atoms. The molecule has 1 fully saturated rings. The summed E-state index contributed by atoms with van der Waals surface area (Å²) in [5.41, 5.74) is 6.63. The summed E-state index contributed by atoms with van der Waals surface area (Å²) in [4.78, 5) is 11.5. The largest absolute Gasteiger partial charge is 0.487 e. The van der Waals surface area contributed by atoms with Gasteiger partial charge in [0.15, 0.2) is 5.69 Å². The van der Waals surface area contributed by atoms with Crippen LogP contribution in [0.2, 0.25) is 10.0 Å². The number of benzene rings is 3. The summed E-state index contributed by atoms with van der Waals surface area (Å²) >= 11 is 13.0. The van der Waals surface area contributed by atoms with Crippen LogP contribution >= 0.6 is 23.2 Å². The van der Waals surface area contributed by atoms with Gasteiger partial charge in [0, 0.05) is 18.0 Å². The molecule has 9 heteroatoms. The highest BCUT2D eigenvalue weighted by molar-refractivity contribution is 6.37. The van der Waals surface area contributed by atoms with Crippen LogP contribution in [-0.4, -0.2) is 30.6 Å². The van der Waals surface area contributed by atoms with Crippen molar-refractivity contribution in [1.29, 1.82) is 0 Å². The van der Waals surface area contributed by atoms with Crippen LogP contribution in [0.1, 0.15) is 46.1 Å². The number of halogens is 2. The third-order valence-electron chi connectivity index (χ3n) is 7.01. The van der Waals surface area contributed by atoms with Crippen LogP contribution in [0.25, 0.3) is 27.7 Å². The quantitative estimate of drug-likeness (QED) is 0.233. The fraction of sp³-hybridized carbons (Fsp3) is 0.207. The molecule has 0 aliphatic heterocycles. The lowest BCUT2D eigenvalue weighted by atomic mass is 9.99. The Morgan fingerprint density at radius 3 is 2.55 bits per heavy atom. The van der Waals surface area contributed by atoms with E-state index in [1.54, 1.807) is 28.5 Å². The van der Waals surface area contributed by atoms with E-state index in [4.69, 9.17) is 27.9 Å². The number of aryl methyl sites for hydroxylation is 2. The number of fused-ring (bicyclic) bond motifs is 1. The summed E-state index contributed by atoms with van der Waals surface area (Å²) < 4.78 is 9.67. The zero-order valence-corrected chi connectivity index (χ0v) is 22.3. The first-order chi connectivity index (χ1) is 18.3. The van der Waals surface area contributed by atoms with Crippen LogP contribution in [-0.2, 0) is 13.7 Å². The normalized spacial score (nSPS) is 13.3. The highest BCUT2D eigenvalue weighted by atomic mass is 35.5. The van der Waals surface area contributed by atoms with E-state index < -0.39 is 5.97 Å². The van der Waals surface area contributed by atoms with Crippen molar-refractivity contribution in [2.45, 2.75) is 32.3 Å². The molecule has 2 heterocycles. The molecule has 0 atom stereocenters. The van der Waals surface area contributed by atoms with Gasteiger partial charge in [-0.1, -0.05) is 41.4 Å². The molecular weight excluding hydrogens is 523 g/mol. The summed E-state index contributed by atoms with van der Waals surface area (Å²) in [7, 11) is 1.75. The van der Waals surface area contributed by atoms with Crippen molar-refractivity contribution in [2.24, 2.45) is 7.05 Å². The minimum absolute atomic E-state index is 0.0532. The Hall–Kier alpha value is -3.81. The molecule has 5 aromatic rings. The van der Waals surface area contributed by atoms with Crippen molar-refractivity contribution in [3.63, 3.8) is 0 Å². The fourth-order valence-corrected chi connectivity index (χ4v) is 5.49. The Morgan fingerprint density at radius 1 is 1.11 bits per heavy atom. The number of nitrogens with zero attached hydrogens (tertiary/aromatic N) is 4. The first kappa shape index (κ1) is 24.5. The first-order valence-corrected chi connectivity index (χ1v) is 13.0. The number of aromatic carboxylic acids is 1. The fourth-order valence-electron chi connectivity index (χ4n) is 4.93. The van der Waals surface area contributed by atoms with Gasteiger partial charge in [-0.15, -0.1) is 0 Å². The van der Waals surface area contributed by atoms with Crippen LogP contribution < -0.4 is 4.74 Å². The Labute approximate surface area is 229 Å². The van der Waals surface area contributed by atoms with Crippen molar-refractivity contribution < 1.29 is 14.6 Å². The van der Waals surface area contributed by atoms with E-state index in [0.717, 1.165) is 46.5 Å². The maximum atomic E-state index is 11.5. The smallest absolute Gasteiger partial charge is 0.357 e. The average Bonchev–Trinajstić information content (AvgIpc) is 3.57. The van der Waals surface area contributed by atoms with Gasteiger partial charge in [-0.25, -0.2) is 9.48 Å². The Morgan fingerprint density at radius 2 is 1.87 bits per heavy atom. The van der Waals surface area contributed by atoms with Gasteiger partial charge in [0.05, 0.1) is 27.5 Å². The van der Waals surface area contributed by atoms with E-state index in [0.29, 0.717) is 33.6 Å². The lowest BCUT2D eigenvalue weighted by molar-refractivity contribution is 0.0691. The van der Waals surface area contributed by atoms with Crippen molar-refractivity contribution >= 4 is 40.1 Å². The lowest BCUT2D eigenvalue weighted by Gasteiger charge is -2.15. The number of rotatable bonds is 7. The van der Waals surface area contributed by atoms with Gasteiger partial charge in [-0.2, -0.15) is 10.2 Å². The highest BCUT2D eigenvalue weighted by Crippen LogP contribution is 2.43. The highest BCUT2D eigenvalue weighted by Gasteiger charge is 2.30. The van der Waals surface area contributed by atoms with Crippen LogP contribution in [0.5, 0.6) is 5.75 Å². The van der Waals surface area contributed by atoms with Gasteiger partial charge in [-0.3, -0.25) is 4.68 Å². The number of aromatic nitrogens is 4. The molecule has 0 saturated heterocycles. The molecule has 0 radical (unpaired) electrons. The Kier molecular flexibility index (Phi) is 6.13. The van der Waals surface area contributed by atoms with Crippen LogP contribution in [0.15, 0.2) is 60.8 Å². The first-order valence-electron chi connectivity index (χ1n) is 12.3. The zero-order valence-electron chi connectivity index (χ0n) is 20.8. The SMILES string of the molecule is Cc1cc(OCc2c(C3CC3)cnn2-c2c(Cl)cccc2Cl)ccc1-c1ccc2c(C(=O)O)nn(C)c2c1. The van der Waals surface area contributed by atoms with E-state index in [9.17, 15) is 9.90 Å². The molecule has 2 aromatic heterocycles. The maximum Gasteiger partial charge on any atom is 0.357 e. The summed E-state index contributed by atoms with van der Waals surface area (Å²) in [5.74, 6) is 0.182. The third kappa shape index (κ3) is 4.31. The number of para-hydroxylation sites is 1. The Bertz CT molecular complexity index is 1700. The molecule has 7 nitrogen and oxygen atoms in total. The van der Waals surface area contributed by atoms with E-state index >= 15 is 0 Å². The summed E-state index contributed by atoms with van der Waals surface area (Å²) in [5, 5.41) is 19.9. The van der Waals surface area contributed by atoms with Gasteiger partial charge in [0.1, 0.15) is 18.0 Å². The third-order valence-corrected chi connectivity index (χ3v) is 7.62. The minimum atomic E-state index is -1.04. The summed E-state index contributed by atoms with van der Waals surface area (Å²) in [6.07, 6.45) is 4.17. The van der Waals surface area contributed by atoms with Gasteiger partial charge in [0.25, 0.3) is 0 Å². The molecule has 1 saturated carbocycles. The molecule has 0 spiro atoms. The molecule has 1 aliphatic rings. The number of carboxylic acid groups (broad SMARTS) is 1. The topological polar surface area (TPSA) is 82.2 Å². The molecule has 1 aliphatic carbocycles. The van der Waals surface area contributed by atoms with E-state index in [2.05, 4.69) is 10.2 Å². The monoisotopic (exact) mass is 546 g/mol. The second-order valence-electron chi connectivity index (χ2n) is 9.58. The number of carboxylic acids is 1. The Balaban J connectivity index is 1.29. The molecule has 1 N–H and O–H groups in total. The number of ether oxygens (including phenoxy) is 1. The molecule has 6 rings (SSSR count). The van der Waals surface area contributed by atoms with E-state index in [1.165, 1.54) is 5.56 Å². The second-order valence-corrected chi connectivity index (χ2v) is 10.4. The van der Waals surface area contributed by atoms with Crippen molar-refractivity contribution in [3.8, 4) is 22.6 Å². The van der Waals surface area contributed by atoms with Crippen LogP contribution in [0.3, 0.4) is 0 Å². The summed E-state index contributed by atoms with van der Waals surface area (Å²) in [6.45, 7) is 2.35. The van der Waals surface area contributed by atoms with E-state index in [-0.39, 0.29) is 5.69 Å². The van der Waals surface area contributed by atoms with Gasteiger partial charge < -0.3 is 9.84 Å². The lowest BCUT2D eigenvalue weighted by Crippen LogP contribution is -2.08. The number of hydrogen-bond acceptors (Lipinski definition) is 4. The maximum absolute atomic E-state index is 11.5. The van der Waals surface area contributed by atoms with Crippen molar-refractivity contribution in [3.05, 3.63) is 93.4 Å². The predicted molar refractivity (Wildman–Crippen MR) is 148 cm³/mol. The molecule has 192 valence electrons. The molecular formula is C29H24Cl2N4O3. The van der Waals surface area contributed by atoms with Crippen LogP contribution in [0, 0.1) is 6.92 Å². The predicted octanol–water partition coefficient (Wildman–Crippen LogP) is 7.20. The van der Waals surface area contributed by atoms with Gasteiger partial charge >= 0.3 is 5.97 Å². The molecule has 3 aromatic carbocycles. The van der Waals surface area contributed by atoms with Crippen molar-refractivity contribution in [1.82, 2.24) is 19.6 Å². The van der Waals surface area contributed by atoms with E-state index in [1.807, 2.05) is 55.6 Å². The second kappa shape index (κ2) is 9.49. The standard InChI is InChI=1S/C29H24Cl2N4O3/c1-16-12-19(9-11-20(16)18-8-10-21-25(13-18)34(2)33-27(21)29(36)37)38-15-26-22(17-6-7-17)14-32-35(26)28-23(30)4-3-5-24(28)31/h3-5,8-14,17H,6-7,15H2,1-2H3,(H,36,37). The van der Waals surface area contributed by atoms with Gasteiger partial charge in [0.2, 0.25) is 0 Å². The number of hydrogen-bond donors (Lipinski definition) is 1. The average molecular weight is 547 g/mol. The molecule has 0 amide bonds. The molecule has 38 heavy (non-hydrogen) atoms. The van der Waals surface area contributed by atoms with Gasteiger partial charge in [-0.05, 0) is 78.8 Å². The summed E-state index contributed by atoms with van der Waals surface area (Å²) in [6, 6.07) is 17.1. The zero-order chi connectivity index (χ0) is 26.6. The molecule has 0 unspecified atom stereocenters. The minimum Gasteiger partial charge on any atom is -0.487 e.